The quantitative estimate of drug-likeness (QED) is 0.316. The van der Waals surface area contributed by atoms with E-state index < -0.39 is 20.5 Å². The highest BCUT2D eigenvalue weighted by Gasteiger charge is 2.54. The number of aryl methyl sites for hydroxylation is 1. The molecule has 0 saturated heterocycles. The van der Waals surface area contributed by atoms with Crippen molar-refractivity contribution in [1.82, 2.24) is 4.98 Å². The second kappa shape index (κ2) is 8.67. The van der Waals surface area contributed by atoms with Crippen molar-refractivity contribution in [2.45, 2.75) is 54.6 Å². The molecule has 1 aromatic heterocycles. The van der Waals surface area contributed by atoms with Crippen LogP contribution in [0.15, 0.2) is 90.1 Å². The molecule has 1 heterocycles. The summed E-state index contributed by atoms with van der Waals surface area (Å²) in [7, 11) is -3.83. The van der Waals surface area contributed by atoms with Crippen molar-refractivity contribution in [3.05, 3.63) is 119 Å². The second-order valence-electron chi connectivity index (χ2n) is 9.88. The molecule has 5 heteroatoms. The largest absolute Gasteiger partial charge is 0.263 e. The summed E-state index contributed by atoms with van der Waals surface area (Å²) in [6.45, 7) is 1.92. The molecule has 2 aliphatic carbocycles. The Morgan fingerprint density at radius 1 is 0.861 bits per heavy atom. The van der Waals surface area contributed by atoms with Crippen LogP contribution in [-0.2, 0) is 29.1 Å². The Kier molecular flexibility index (Phi) is 5.56. The molecular formula is C31H28FNO2S. The maximum atomic E-state index is 15.5. The average Bonchev–Trinajstić information content (AvgIpc) is 2.92. The summed E-state index contributed by atoms with van der Waals surface area (Å²) in [6, 6.07) is 22.6. The van der Waals surface area contributed by atoms with Gasteiger partial charge in [0.2, 0.25) is 0 Å². The molecule has 2 atom stereocenters. The second-order valence-corrected chi connectivity index (χ2v) is 12.2. The molecule has 0 bridgehead atoms. The third-order valence-corrected chi connectivity index (χ3v) is 11.0. The number of halogens is 1. The van der Waals surface area contributed by atoms with Crippen LogP contribution in [0, 0.1) is 5.82 Å². The van der Waals surface area contributed by atoms with E-state index in [1.54, 1.807) is 36.5 Å². The van der Waals surface area contributed by atoms with Crippen molar-refractivity contribution < 1.29 is 12.8 Å². The number of aromatic nitrogens is 1. The molecular weight excluding hydrogens is 469 g/mol. The molecule has 6 rings (SSSR count). The Balaban J connectivity index is 1.62. The molecule has 3 aromatic carbocycles. The molecule has 0 fully saturated rings. The van der Waals surface area contributed by atoms with Crippen molar-refractivity contribution in [3.63, 3.8) is 0 Å². The van der Waals surface area contributed by atoms with Gasteiger partial charge in [0.1, 0.15) is 5.82 Å². The van der Waals surface area contributed by atoms with Crippen LogP contribution < -0.4 is 0 Å². The molecule has 0 radical (unpaired) electrons. The van der Waals surface area contributed by atoms with Crippen molar-refractivity contribution in [3.8, 4) is 11.1 Å². The van der Waals surface area contributed by atoms with Gasteiger partial charge in [-0.1, -0.05) is 61.5 Å². The Morgan fingerprint density at radius 2 is 1.67 bits per heavy atom. The zero-order chi connectivity index (χ0) is 24.9. The molecule has 36 heavy (non-hydrogen) atoms. The van der Waals surface area contributed by atoms with Gasteiger partial charge in [0, 0.05) is 18.3 Å². The van der Waals surface area contributed by atoms with Crippen molar-refractivity contribution >= 4 is 9.84 Å². The fraction of sp³-hybridized carbons (Fsp3) is 0.258. The monoisotopic (exact) mass is 497 g/mol. The smallest absolute Gasteiger partial charge is 0.186 e. The van der Waals surface area contributed by atoms with Gasteiger partial charge in [0.15, 0.2) is 9.84 Å². The SMILES string of the molecule is CCC1(S(=O)(=O)c2cccnc2)CCc2c(ccc3c2CCc2ccccc2-3)C1c1ccccc1F. The summed E-state index contributed by atoms with van der Waals surface area (Å²) >= 11 is 0. The van der Waals surface area contributed by atoms with Gasteiger partial charge in [-0.05, 0) is 89.2 Å². The average molecular weight is 498 g/mol. The first-order chi connectivity index (χ1) is 17.5. The lowest BCUT2D eigenvalue weighted by Gasteiger charge is -2.45. The predicted molar refractivity (Wildman–Crippen MR) is 140 cm³/mol. The van der Waals surface area contributed by atoms with E-state index in [1.165, 1.54) is 40.1 Å². The lowest BCUT2D eigenvalue weighted by Crippen LogP contribution is -2.48. The number of nitrogens with zero attached hydrogens (tertiary/aromatic N) is 1. The number of hydrogen-bond donors (Lipinski definition) is 0. The molecule has 3 nitrogen and oxygen atoms in total. The van der Waals surface area contributed by atoms with Gasteiger partial charge < -0.3 is 0 Å². The molecule has 0 spiro atoms. The van der Waals surface area contributed by atoms with Gasteiger partial charge in [-0.25, -0.2) is 12.8 Å². The highest BCUT2D eigenvalue weighted by atomic mass is 32.2. The first-order valence-corrected chi connectivity index (χ1v) is 14.1. The Hall–Kier alpha value is -3.31. The van der Waals surface area contributed by atoms with E-state index in [0.29, 0.717) is 24.8 Å². The minimum absolute atomic E-state index is 0.198. The minimum atomic E-state index is -3.83. The van der Waals surface area contributed by atoms with Crippen LogP contribution in [0.2, 0.25) is 0 Å². The minimum Gasteiger partial charge on any atom is -0.263 e. The first kappa shape index (κ1) is 23.1. The van der Waals surface area contributed by atoms with Crippen LogP contribution in [0.3, 0.4) is 0 Å². The fourth-order valence-corrected chi connectivity index (χ4v) is 8.84. The zero-order valence-electron chi connectivity index (χ0n) is 20.2. The van der Waals surface area contributed by atoms with Gasteiger partial charge >= 0.3 is 0 Å². The maximum absolute atomic E-state index is 15.5. The van der Waals surface area contributed by atoms with E-state index in [0.717, 1.165) is 18.4 Å². The Morgan fingerprint density at radius 3 is 2.44 bits per heavy atom. The van der Waals surface area contributed by atoms with Crippen molar-refractivity contribution in [2.24, 2.45) is 0 Å². The zero-order valence-corrected chi connectivity index (χ0v) is 21.1. The molecule has 4 aromatic rings. The summed E-state index contributed by atoms with van der Waals surface area (Å²) in [5, 5.41) is 0. The number of fused-ring (bicyclic) bond motifs is 5. The predicted octanol–water partition coefficient (Wildman–Crippen LogP) is 6.69. The molecule has 0 aliphatic heterocycles. The number of benzene rings is 3. The summed E-state index contributed by atoms with van der Waals surface area (Å²) in [6.07, 6.45) is 6.33. The van der Waals surface area contributed by atoms with Gasteiger partial charge in [0.25, 0.3) is 0 Å². The van der Waals surface area contributed by atoms with Crippen molar-refractivity contribution in [2.75, 3.05) is 0 Å². The normalized spacial score (nSPS) is 20.8. The highest BCUT2D eigenvalue weighted by molar-refractivity contribution is 7.93. The Labute approximate surface area is 212 Å². The Bertz CT molecular complexity index is 1570. The van der Waals surface area contributed by atoms with Crippen LogP contribution in [0.5, 0.6) is 0 Å². The molecule has 182 valence electrons. The van der Waals surface area contributed by atoms with Gasteiger partial charge in [0.05, 0.1) is 9.64 Å². The summed E-state index contributed by atoms with van der Waals surface area (Å²) in [4.78, 5) is 4.29. The third-order valence-electron chi connectivity index (χ3n) is 8.35. The lowest BCUT2D eigenvalue weighted by molar-refractivity contribution is 0.398. The summed E-state index contributed by atoms with van der Waals surface area (Å²) < 4.78 is 43.0. The van der Waals surface area contributed by atoms with E-state index in [4.69, 9.17) is 0 Å². The number of hydrogen-bond acceptors (Lipinski definition) is 3. The van der Waals surface area contributed by atoms with Crippen LogP contribution in [-0.4, -0.2) is 18.1 Å². The summed E-state index contributed by atoms with van der Waals surface area (Å²) in [5.41, 5.74) is 7.69. The van der Waals surface area contributed by atoms with E-state index >= 15 is 4.39 Å². The topological polar surface area (TPSA) is 47.0 Å². The van der Waals surface area contributed by atoms with E-state index in [-0.39, 0.29) is 10.7 Å². The number of sulfone groups is 1. The number of pyridine rings is 1. The van der Waals surface area contributed by atoms with Crippen LogP contribution in [0.1, 0.15) is 53.5 Å². The lowest BCUT2D eigenvalue weighted by atomic mass is 9.67. The van der Waals surface area contributed by atoms with Crippen LogP contribution >= 0.6 is 0 Å². The van der Waals surface area contributed by atoms with Gasteiger partial charge in [-0.2, -0.15) is 0 Å². The number of rotatable bonds is 4. The van der Waals surface area contributed by atoms with Crippen molar-refractivity contribution in [1.29, 1.82) is 0 Å². The van der Waals surface area contributed by atoms with E-state index in [9.17, 15) is 8.42 Å². The molecule has 0 N–H and O–H groups in total. The third kappa shape index (κ3) is 3.29. The molecule has 0 saturated carbocycles. The molecule has 2 aliphatic rings. The summed E-state index contributed by atoms with van der Waals surface area (Å²) in [5.74, 6) is -0.974. The standard InChI is InChI=1S/C31H28FNO2S/c1-2-31(36(34,35)22-9-7-19-33-20-22)18-17-26-25-14-13-21-8-3-4-10-23(21)24(25)15-16-27(26)30(31)28-11-5-6-12-29(28)32/h3-12,15-16,19-20,30H,2,13-14,17-18H2,1H3. The first-order valence-electron chi connectivity index (χ1n) is 12.6. The molecule has 2 unspecified atom stereocenters. The van der Waals surface area contributed by atoms with E-state index in [1.807, 2.05) is 6.92 Å². The van der Waals surface area contributed by atoms with E-state index in [2.05, 4.69) is 41.4 Å². The molecule has 0 amide bonds. The van der Waals surface area contributed by atoms with Crippen LogP contribution in [0.25, 0.3) is 11.1 Å². The van der Waals surface area contributed by atoms with Gasteiger partial charge in [-0.15, -0.1) is 0 Å². The fourth-order valence-electron chi connectivity index (χ4n) is 6.60. The van der Waals surface area contributed by atoms with Crippen LogP contribution in [0.4, 0.5) is 4.39 Å². The highest BCUT2D eigenvalue weighted by Crippen LogP contribution is 2.54. The maximum Gasteiger partial charge on any atom is 0.186 e. The van der Waals surface area contributed by atoms with Gasteiger partial charge in [-0.3, -0.25) is 4.98 Å².